The third kappa shape index (κ3) is 2.40. The van der Waals surface area contributed by atoms with Crippen molar-refractivity contribution < 1.29 is 4.74 Å². The van der Waals surface area contributed by atoms with Gasteiger partial charge in [0.25, 0.3) is 0 Å². The summed E-state index contributed by atoms with van der Waals surface area (Å²) in [6.07, 6.45) is 7.66. The lowest BCUT2D eigenvalue weighted by molar-refractivity contribution is 0.190. The molecule has 2 rings (SSSR count). The molecule has 0 bridgehead atoms. The molecule has 0 aliphatic heterocycles. The van der Waals surface area contributed by atoms with Gasteiger partial charge in [-0.1, -0.05) is 26.0 Å². The first kappa shape index (κ1) is 11.5. The van der Waals surface area contributed by atoms with E-state index < -0.39 is 0 Å². The van der Waals surface area contributed by atoms with Crippen molar-refractivity contribution in [3.63, 3.8) is 0 Å². The second-order valence-corrected chi connectivity index (χ2v) is 4.66. The molecule has 0 aromatic heterocycles. The van der Waals surface area contributed by atoms with Gasteiger partial charge in [-0.25, -0.2) is 0 Å². The Balaban J connectivity index is 2.20. The van der Waals surface area contributed by atoms with Crippen LogP contribution in [0.5, 0.6) is 5.75 Å². The predicted octanol–water partition coefficient (Wildman–Crippen LogP) is 4.13. The number of benzene rings is 1. The largest absolute Gasteiger partial charge is 0.490 e. The summed E-state index contributed by atoms with van der Waals surface area (Å²) in [5.74, 6) is 1.14. The Morgan fingerprint density at radius 2 is 1.88 bits per heavy atom. The minimum atomic E-state index is 0.383. The number of hydrogen-bond donors (Lipinski definition) is 0. The fourth-order valence-electron chi connectivity index (χ4n) is 2.49. The van der Waals surface area contributed by atoms with E-state index in [4.69, 9.17) is 4.74 Å². The average Bonchev–Trinajstić information content (AvgIpc) is 2.36. The van der Waals surface area contributed by atoms with E-state index in [1.54, 1.807) is 0 Å². The number of aryl methyl sites for hydroxylation is 1. The molecule has 0 fully saturated rings. The van der Waals surface area contributed by atoms with E-state index in [0.29, 0.717) is 6.10 Å². The number of ether oxygens (including phenoxy) is 1. The van der Waals surface area contributed by atoms with Crippen LogP contribution in [0.3, 0.4) is 0 Å². The predicted molar refractivity (Wildman–Crippen MR) is 68.1 cm³/mol. The standard InChI is InChI=1S/C15H22O/c1-3-13(4-2)16-15-11-7-9-12-8-5-6-10-14(12)15/h7,9,11,13H,3-6,8,10H2,1-2H3. The summed E-state index contributed by atoms with van der Waals surface area (Å²) in [5.41, 5.74) is 2.98. The molecular formula is C15H22O. The maximum atomic E-state index is 6.11. The van der Waals surface area contributed by atoms with E-state index in [2.05, 4.69) is 32.0 Å². The van der Waals surface area contributed by atoms with Gasteiger partial charge in [0.15, 0.2) is 0 Å². The summed E-state index contributed by atoms with van der Waals surface area (Å²) in [6.45, 7) is 4.40. The van der Waals surface area contributed by atoms with Gasteiger partial charge >= 0.3 is 0 Å². The highest BCUT2D eigenvalue weighted by molar-refractivity contribution is 5.41. The van der Waals surface area contributed by atoms with Crippen molar-refractivity contribution in [3.05, 3.63) is 29.3 Å². The molecule has 1 nitrogen and oxygen atoms in total. The van der Waals surface area contributed by atoms with Gasteiger partial charge < -0.3 is 4.74 Å². The lowest BCUT2D eigenvalue weighted by atomic mass is 9.91. The summed E-state index contributed by atoms with van der Waals surface area (Å²) in [4.78, 5) is 0. The van der Waals surface area contributed by atoms with Gasteiger partial charge in [-0.15, -0.1) is 0 Å². The van der Waals surface area contributed by atoms with Crippen molar-refractivity contribution >= 4 is 0 Å². The highest BCUT2D eigenvalue weighted by atomic mass is 16.5. The van der Waals surface area contributed by atoms with Crippen molar-refractivity contribution in [1.29, 1.82) is 0 Å². The molecule has 0 unspecified atom stereocenters. The zero-order chi connectivity index (χ0) is 11.4. The summed E-state index contributed by atoms with van der Waals surface area (Å²) >= 11 is 0. The van der Waals surface area contributed by atoms with Crippen LogP contribution >= 0.6 is 0 Å². The van der Waals surface area contributed by atoms with Gasteiger partial charge in [-0.05, 0) is 55.7 Å². The van der Waals surface area contributed by atoms with Gasteiger partial charge in [-0.3, -0.25) is 0 Å². The Kier molecular flexibility index (Phi) is 3.87. The van der Waals surface area contributed by atoms with Crippen molar-refractivity contribution in [3.8, 4) is 5.75 Å². The van der Waals surface area contributed by atoms with Crippen LogP contribution in [0.25, 0.3) is 0 Å². The zero-order valence-corrected chi connectivity index (χ0v) is 10.5. The lowest BCUT2D eigenvalue weighted by Crippen LogP contribution is -2.16. The Labute approximate surface area is 98.8 Å². The molecule has 1 aromatic carbocycles. The minimum Gasteiger partial charge on any atom is -0.490 e. The third-order valence-corrected chi connectivity index (χ3v) is 3.56. The minimum absolute atomic E-state index is 0.383. The SMILES string of the molecule is CCC(CC)Oc1cccc2c1CCCC2. The second-order valence-electron chi connectivity index (χ2n) is 4.66. The lowest BCUT2D eigenvalue weighted by Gasteiger charge is -2.22. The molecule has 1 aliphatic rings. The first-order chi connectivity index (χ1) is 7.85. The van der Waals surface area contributed by atoms with Crippen molar-refractivity contribution in [1.82, 2.24) is 0 Å². The van der Waals surface area contributed by atoms with Gasteiger partial charge in [0.2, 0.25) is 0 Å². The molecule has 0 saturated heterocycles. The summed E-state index contributed by atoms with van der Waals surface area (Å²) in [5, 5.41) is 0. The van der Waals surface area contributed by atoms with Gasteiger partial charge in [-0.2, -0.15) is 0 Å². The summed E-state index contributed by atoms with van der Waals surface area (Å²) in [7, 11) is 0. The number of rotatable bonds is 4. The Hall–Kier alpha value is -0.980. The molecule has 16 heavy (non-hydrogen) atoms. The molecule has 0 atom stereocenters. The van der Waals surface area contributed by atoms with E-state index in [-0.39, 0.29) is 0 Å². The van der Waals surface area contributed by atoms with E-state index in [1.807, 2.05) is 0 Å². The van der Waals surface area contributed by atoms with E-state index in [0.717, 1.165) is 18.6 Å². The molecule has 0 spiro atoms. The van der Waals surface area contributed by atoms with E-state index in [1.165, 1.54) is 36.8 Å². The Bertz CT molecular complexity index is 339. The van der Waals surface area contributed by atoms with Crippen molar-refractivity contribution in [2.24, 2.45) is 0 Å². The molecule has 0 amide bonds. The molecule has 88 valence electrons. The fraction of sp³-hybridized carbons (Fsp3) is 0.600. The molecule has 0 radical (unpaired) electrons. The van der Waals surface area contributed by atoms with Crippen LogP contribution in [0, 0.1) is 0 Å². The van der Waals surface area contributed by atoms with Gasteiger partial charge in [0.1, 0.15) is 5.75 Å². The van der Waals surface area contributed by atoms with Crippen LogP contribution < -0.4 is 4.74 Å². The highest BCUT2D eigenvalue weighted by Crippen LogP contribution is 2.30. The first-order valence-electron chi connectivity index (χ1n) is 6.62. The smallest absolute Gasteiger partial charge is 0.123 e. The van der Waals surface area contributed by atoms with Crippen LogP contribution in [0.15, 0.2) is 18.2 Å². The Morgan fingerprint density at radius 1 is 1.12 bits per heavy atom. The molecular weight excluding hydrogens is 196 g/mol. The van der Waals surface area contributed by atoms with Gasteiger partial charge in [0, 0.05) is 0 Å². The summed E-state index contributed by atoms with van der Waals surface area (Å²) in [6, 6.07) is 6.54. The quantitative estimate of drug-likeness (QED) is 0.738. The first-order valence-corrected chi connectivity index (χ1v) is 6.62. The molecule has 0 heterocycles. The van der Waals surface area contributed by atoms with Crippen LogP contribution in [0.1, 0.15) is 50.7 Å². The molecule has 0 saturated carbocycles. The third-order valence-electron chi connectivity index (χ3n) is 3.56. The second kappa shape index (κ2) is 5.38. The number of hydrogen-bond acceptors (Lipinski definition) is 1. The van der Waals surface area contributed by atoms with Crippen LogP contribution in [-0.2, 0) is 12.8 Å². The normalized spacial score (nSPS) is 14.9. The van der Waals surface area contributed by atoms with Crippen molar-refractivity contribution in [2.75, 3.05) is 0 Å². The number of fused-ring (bicyclic) bond motifs is 1. The molecule has 0 N–H and O–H groups in total. The maximum absolute atomic E-state index is 6.11. The highest BCUT2D eigenvalue weighted by Gasteiger charge is 2.15. The van der Waals surface area contributed by atoms with E-state index in [9.17, 15) is 0 Å². The van der Waals surface area contributed by atoms with Crippen molar-refractivity contribution in [2.45, 2.75) is 58.5 Å². The molecule has 1 aliphatic carbocycles. The average molecular weight is 218 g/mol. The summed E-state index contributed by atoms with van der Waals surface area (Å²) < 4.78 is 6.11. The molecule has 1 heteroatoms. The van der Waals surface area contributed by atoms with Crippen LogP contribution in [0.2, 0.25) is 0 Å². The van der Waals surface area contributed by atoms with Crippen LogP contribution in [0.4, 0.5) is 0 Å². The van der Waals surface area contributed by atoms with E-state index >= 15 is 0 Å². The van der Waals surface area contributed by atoms with Gasteiger partial charge in [0.05, 0.1) is 6.10 Å². The topological polar surface area (TPSA) is 9.23 Å². The zero-order valence-electron chi connectivity index (χ0n) is 10.5. The Morgan fingerprint density at radius 3 is 2.62 bits per heavy atom. The van der Waals surface area contributed by atoms with Crippen LogP contribution in [-0.4, -0.2) is 6.10 Å². The maximum Gasteiger partial charge on any atom is 0.123 e. The monoisotopic (exact) mass is 218 g/mol. The fourth-order valence-corrected chi connectivity index (χ4v) is 2.49. The molecule has 1 aromatic rings.